The third-order valence-corrected chi connectivity index (χ3v) is 2.87. The lowest BCUT2D eigenvalue weighted by Crippen LogP contribution is -2.36. The van der Waals surface area contributed by atoms with E-state index in [2.05, 4.69) is 0 Å². The van der Waals surface area contributed by atoms with E-state index in [4.69, 9.17) is 10.00 Å². The Morgan fingerprint density at radius 2 is 2.44 bits per heavy atom. The van der Waals surface area contributed by atoms with Crippen LogP contribution in [0.5, 0.6) is 0 Å². The van der Waals surface area contributed by atoms with E-state index >= 15 is 0 Å². The summed E-state index contributed by atoms with van der Waals surface area (Å²) in [5.74, 6) is -0.506. The van der Waals surface area contributed by atoms with E-state index in [9.17, 15) is 9.59 Å². The second kappa shape index (κ2) is 5.45. The fraction of sp³-hybridized carbons (Fsp3) is 0.583. The molecule has 4 nitrogen and oxygen atoms in total. The minimum atomic E-state index is -1.02. The summed E-state index contributed by atoms with van der Waals surface area (Å²) in [6.07, 6.45) is 4.82. The summed E-state index contributed by atoms with van der Waals surface area (Å²) in [6.45, 7) is 1.99. The molecule has 0 N–H and O–H groups in total. The van der Waals surface area contributed by atoms with Gasteiger partial charge in [-0.25, -0.2) is 0 Å². The predicted molar refractivity (Wildman–Crippen MR) is 57.3 cm³/mol. The number of ketones is 1. The van der Waals surface area contributed by atoms with Crippen molar-refractivity contribution >= 4 is 11.8 Å². The molecule has 0 aromatic heterocycles. The summed E-state index contributed by atoms with van der Waals surface area (Å²) in [5.41, 5.74) is -1.02. The first-order valence-corrected chi connectivity index (χ1v) is 5.42. The SMILES string of the molecule is CCOC(=O)C1(CC=CC#N)CCCC1=O. The molecular weight excluding hydrogens is 206 g/mol. The highest BCUT2D eigenvalue weighted by Gasteiger charge is 2.48. The maximum atomic E-state index is 11.8. The Bertz CT molecular complexity index is 354. The number of hydrogen-bond donors (Lipinski definition) is 0. The van der Waals surface area contributed by atoms with Gasteiger partial charge in [0.1, 0.15) is 5.41 Å². The zero-order valence-electron chi connectivity index (χ0n) is 9.36. The maximum absolute atomic E-state index is 11.8. The zero-order chi connectivity index (χ0) is 12.0. The lowest BCUT2D eigenvalue weighted by Gasteiger charge is -2.23. The Morgan fingerprint density at radius 1 is 1.69 bits per heavy atom. The molecule has 1 atom stereocenters. The molecule has 16 heavy (non-hydrogen) atoms. The Kier molecular flexibility index (Phi) is 4.24. The molecule has 0 radical (unpaired) electrons. The minimum Gasteiger partial charge on any atom is -0.465 e. The van der Waals surface area contributed by atoms with Crippen molar-refractivity contribution in [1.82, 2.24) is 0 Å². The number of carbonyl (C=O) groups is 2. The fourth-order valence-electron chi connectivity index (χ4n) is 2.03. The first-order chi connectivity index (χ1) is 7.67. The van der Waals surface area contributed by atoms with Gasteiger partial charge in [-0.05, 0) is 26.2 Å². The maximum Gasteiger partial charge on any atom is 0.319 e. The summed E-state index contributed by atoms with van der Waals surface area (Å²) in [7, 11) is 0. The molecule has 1 aliphatic carbocycles. The van der Waals surface area contributed by atoms with E-state index in [-0.39, 0.29) is 18.8 Å². The molecule has 0 heterocycles. The quantitative estimate of drug-likeness (QED) is 0.412. The molecule has 1 fully saturated rings. The van der Waals surface area contributed by atoms with Gasteiger partial charge in [0.2, 0.25) is 0 Å². The first-order valence-electron chi connectivity index (χ1n) is 5.42. The predicted octanol–water partition coefficient (Wildman–Crippen LogP) is 1.76. The summed E-state index contributed by atoms with van der Waals surface area (Å²) < 4.78 is 4.95. The Hall–Kier alpha value is -1.63. The monoisotopic (exact) mass is 221 g/mol. The van der Waals surface area contributed by atoms with Crippen molar-refractivity contribution in [3.05, 3.63) is 12.2 Å². The smallest absolute Gasteiger partial charge is 0.319 e. The van der Waals surface area contributed by atoms with Gasteiger partial charge in [0.25, 0.3) is 0 Å². The van der Waals surface area contributed by atoms with Crippen molar-refractivity contribution in [2.45, 2.75) is 32.6 Å². The van der Waals surface area contributed by atoms with Crippen LogP contribution in [0.25, 0.3) is 0 Å². The Labute approximate surface area is 94.9 Å². The molecule has 0 amide bonds. The number of carbonyl (C=O) groups excluding carboxylic acids is 2. The molecule has 0 aromatic carbocycles. The molecule has 1 unspecified atom stereocenters. The van der Waals surface area contributed by atoms with Crippen LogP contribution >= 0.6 is 0 Å². The number of allylic oxidation sites excluding steroid dienone is 2. The van der Waals surface area contributed by atoms with Crippen LogP contribution in [0.4, 0.5) is 0 Å². The van der Waals surface area contributed by atoms with Crippen LogP contribution in [-0.2, 0) is 14.3 Å². The second-order valence-corrected chi connectivity index (χ2v) is 3.81. The van der Waals surface area contributed by atoms with Gasteiger partial charge in [0.05, 0.1) is 12.7 Å². The van der Waals surface area contributed by atoms with Crippen LogP contribution in [0.1, 0.15) is 32.6 Å². The van der Waals surface area contributed by atoms with E-state index in [0.717, 1.165) is 6.42 Å². The molecular formula is C12H15NO3. The Balaban J connectivity index is 2.85. The largest absolute Gasteiger partial charge is 0.465 e. The van der Waals surface area contributed by atoms with Crippen molar-refractivity contribution < 1.29 is 14.3 Å². The van der Waals surface area contributed by atoms with Gasteiger partial charge in [0.15, 0.2) is 5.78 Å². The van der Waals surface area contributed by atoms with Gasteiger partial charge in [0, 0.05) is 12.5 Å². The first kappa shape index (κ1) is 12.4. The molecule has 0 spiro atoms. The molecule has 1 aliphatic rings. The van der Waals surface area contributed by atoms with Crippen molar-refractivity contribution in [3.63, 3.8) is 0 Å². The third kappa shape index (κ3) is 2.30. The third-order valence-electron chi connectivity index (χ3n) is 2.87. The number of nitrogens with zero attached hydrogens (tertiary/aromatic N) is 1. The molecule has 4 heteroatoms. The van der Waals surface area contributed by atoms with Gasteiger partial charge in [-0.3, -0.25) is 9.59 Å². The van der Waals surface area contributed by atoms with E-state index in [1.807, 2.05) is 6.07 Å². The average molecular weight is 221 g/mol. The van der Waals surface area contributed by atoms with Gasteiger partial charge in [-0.1, -0.05) is 6.08 Å². The zero-order valence-corrected chi connectivity index (χ0v) is 9.36. The molecule has 0 aromatic rings. The molecule has 0 aliphatic heterocycles. The van der Waals surface area contributed by atoms with Gasteiger partial charge in [-0.15, -0.1) is 0 Å². The van der Waals surface area contributed by atoms with Crippen molar-refractivity contribution in [2.24, 2.45) is 5.41 Å². The topological polar surface area (TPSA) is 67.2 Å². The normalized spacial score (nSPS) is 24.6. The summed E-state index contributed by atoms with van der Waals surface area (Å²) in [4.78, 5) is 23.6. The molecule has 86 valence electrons. The van der Waals surface area contributed by atoms with Crippen molar-refractivity contribution in [2.75, 3.05) is 6.61 Å². The minimum absolute atomic E-state index is 0.0615. The highest BCUT2D eigenvalue weighted by atomic mass is 16.5. The van der Waals surface area contributed by atoms with Crippen LogP contribution in [-0.4, -0.2) is 18.4 Å². The number of rotatable bonds is 4. The van der Waals surface area contributed by atoms with E-state index in [1.54, 1.807) is 13.0 Å². The standard InChI is InChI=1S/C12H15NO3/c1-2-16-11(15)12(7-3-4-9-13)8-5-6-10(12)14/h3-4H,2,5-8H2,1H3. The summed E-state index contributed by atoms with van der Waals surface area (Å²) in [5, 5.41) is 8.39. The highest BCUT2D eigenvalue weighted by molar-refractivity contribution is 6.05. The lowest BCUT2D eigenvalue weighted by atomic mass is 9.81. The van der Waals surface area contributed by atoms with Crippen LogP contribution < -0.4 is 0 Å². The van der Waals surface area contributed by atoms with Crippen LogP contribution in [0.3, 0.4) is 0 Å². The van der Waals surface area contributed by atoms with Gasteiger partial charge >= 0.3 is 5.97 Å². The molecule has 1 saturated carbocycles. The number of ether oxygens (including phenoxy) is 1. The number of Topliss-reactive ketones (excluding diaryl/α,β-unsaturated/α-hetero) is 1. The fourth-order valence-corrected chi connectivity index (χ4v) is 2.03. The Morgan fingerprint density at radius 3 is 2.94 bits per heavy atom. The average Bonchev–Trinajstić information content (AvgIpc) is 2.62. The van der Waals surface area contributed by atoms with Crippen LogP contribution in [0, 0.1) is 16.7 Å². The van der Waals surface area contributed by atoms with E-state index in [1.165, 1.54) is 6.08 Å². The molecule has 0 saturated heterocycles. The van der Waals surface area contributed by atoms with Crippen LogP contribution in [0.2, 0.25) is 0 Å². The molecule has 1 rings (SSSR count). The van der Waals surface area contributed by atoms with Gasteiger partial charge in [-0.2, -0.15) is 5.26 Å². The van der Waals surface area contributed by atoms with Crippen LogP contribution in [0.15, 0.2) is 12.2 Å². The molecule has 0 bridgehead atoms. The lowest BCUT2D eigenvalue weighted by molar-refractivity contribution is -0.158. The van der Waals surface area contributed by atoms with E-state index in [0.29, 0.717) is 12.8 Å². The second-order valence-electron chi connectivity index (χ2n) is 3.81. The van der Waals surface area contributed by atoms with Gasteiger partial charge < -0.3 is 4.74 Å². The summed E-state index contributed by atoms with van der Waals surface area (Å²) in [6, 6.07) is 1.85. The summed E-state index contributed by atoms with van der Waals surface area (Å²) >= 11 is 0. The number of hydrogen-bond acceptors (Lipinski definition) is 4. The van der Waals surface area contributed by atoms with Crippen molar-refractivity contribution in [1.29, 1.82) is 5.26 Å². The van der Waals surface area contributed by atoms with Crippen molar-refractivity contribution in [3.8, 4) is 6.07 Å². The highest BCUT2D eigenvalue weighted by Crippen LogP contribution is 2.39. The van der Waals surface area contributed by atoms with E-state index < -0.39 is 11.4 Å². The number of nitriles is 1. The number of esters is 1.